The van der Waals surface area contributed by atoms with Crippen molar-refractivity contribution in [3.05, 3.63) is 47.0 Å². The zero-order chi connectivity index (χ0) is 15.6. The monoisotopic (exact) mass is 286 g/mol. The number of ether oxygens (including phenoxy) is 1. The number of aryl methyl sites for hydroxylation is 2. The minimum atomic E-state index is -0.402. The molecule has 2 aromatic carbocycles. The fourth-order valence-corrected chi connectivity index (χ4v) is 2.26. The minimum Gasteiger partial charge on any atom is -0.508 e. The van der Waals surface area contributed by atoms with Gasteiger partial charge in [-0.3, -0.25) is 4.79 Å². The first-order valence-electron chi connectivity index (χ1n) is 6.61. The summed E-state index contributed by atoms with van der Waals surface area (Å²) in [5.41, 5.74) is 3.88. The SMILES string of the molecule is COC(=O)Cc1cc(-c2cc(C)c(O)c(C)c2)ccc1O. The van der Waals surface area contributed by atoms with Crippen LogP contribution in [0.4, 0.5) is 0 Å². The summed E-state index contributed by atoms with van der Waals surface area (Å²) in [6, 6.07) is 8.84. The predicted octanol–water partition coefficient (Wildman–Crippen LogP) is 3.10. The zero-order valence-corrected chi connectivity index (χ0v) is 12.3. The van der Waals surface area contributed by atoms with E-state index in [1.165, 1.54) is 7.11 Å². The highest BCUT2D eigenvalue weighted by Crippen LogP contribution is 2.31. The molecule has 0 aliphatic carbocycles. The Labute approximate surface area is 123 Å². The Balaban J connectivity index is 2.45. The van der Waals surface area contributed by atoms with Crippen molar-refractivity contribution >= 4 is 5.97 Å². The smallest absolute Gasteiger partial charge is 0.310 e. The fourth-order valence-electron chi connectivity index (χ4n) is 2.26. The summed E-state index contributed by atoms with van der Waals surface area (Å²) in [5, 5.41) is 19.7. The van der Waals surface area contributed by atoms with Crippen LogP contribution >= 0.6 is 0 Å². The first-order valence-corrected chi connectivity index (χ1v) is 6.61. The molecular formula is C17H18O4. The Morgan fingerprint density at radius 2 is 1.67 bits per heavy atom. The average molecular weight is 286 g/mol. The number of rotatable bonds is 3. The van der Waals surface area contributed by atoms with Gasteiger partial charge >= 0.3 is 5.97 Å². The molecule has 2 N–H and O–H groups in total. The minimum absolute atomic E-state index is 0.0201. The van der Waals surface area contributed by atoms with Crippen LogP contribution in [0.25, 0.3) is 11.1 Å². The topological polar surface area (TPSA) is 66.8 Å². The van der Waals surface area contributed by atoms with Crippen molar-refractivity contribution in [3.63, 3.8) is 0 Å². The molecule has 0 unspecified atom stereocenters. The molecular weight excluding hydrogens is 268 g/mol. The molecule has 0 saturated carbocycles. The van der Waals surface area contributed by atoms with Gasteiger partial charge in [0.2, 0.25) is 0 Å². The van der Waals surface area contributed by atoms with Gasteiger partial charge in [0, 0.05) is 5.56 Å². The van der Waals surface area contributed by atoms with Crippen LogP contribution in [-0.4, -0.2) is 23.3 Å². The number of esters is 1. The van der Waals surface area contributed by atoms with Crippen LogP contribution in [0.15, 0.2) is 30.3 Å². The van der Waals surface area contributed by atoms with Gasteiger partial charge in [-0.05, 0) is 60.4 Å². The number of benzene rings is 2. The quantitative estimate of drug-likeness (QED) is 0.851. The number of carbonyl (C=O) groups excluding carboxylic acids is 1. The lowest BCUT2D eigenvalue weighted by Gasteiger charge is -2.10. The standard InChI is InChI=1S/C17H18O4/c1-10-6-13(7-11(2)17(10)20)12-4-5-15(18)14(8-12)9-16(19)21-3/h4-8,18,20H,9H2,1-3H3. The summed E-state index contributed by atoms with van der Waals surface area (Å²) >= 11 is 0. The maximum absolute atomic E-state index is 11.4. The van der Waals surface area contributed by atoms with Crippen LogP contribution in [0.1, 0.15) is 16.7 Å². The second-order valence-corrected chi connectivity index (χ2v) is 5.06. The molecule has 0 radical (unpaired) electrons. The lowest BCUT2D eigenvalue weighted by molar-refractivity contribution is -0.139. The molecule has 0 atom stereocenters. The molecule has 0 bridgehead atoms. The van der Waals surface area contributed by atoms with E-state index in [1.807, 2.05) is 26.0 Å². The first kappa shape index (κ1) is 14.9. The number of methoxy groups -OCH3 is 1. The molecule has 2 aromatic rings. The lowest BCUT2D eigenvalue weighted by atomic mass is 9.97. The molecule has 110 valence electrons. The van der Waals surface area contributed by atoms with Crippen molar-refractivity contribution in [1.82, 2.24) is 0 Å². The molecule has 0 saturated heterocycles. The van der Waals surface area contributed by atoms with Gasteiger partial charge in [-0.1, -0.05) is 6.07 Å². The van der Waals surface area contributed by atoms with Crippen LogP contribution < -0.4 is 0 Å². The molecule has 0 aliphatic heterocycles. The number of aromatic hydroxyl groups is 2. The predicted molar refractivity (Wildman–Crippen MR) is 80.4 cm³/mol. The number of hydrogen-bond donors (Lipinski definition) is 2. The maximum atomic E-state index is 11.4. The molecule has 0 aliphatic rings. The summed E-state index contributed by atoms with van der Waals surface area (Å²) in [6.07, 6.45) is 0.0201. The van der Waals surface area contributed by atoms with Gasteiger partial charge in [0.05, 0.1) is 13.5 Å². The van der Waals surface area contributed by atoms with Gasteiger partial charge in [-0.25, -0.2) is 0 Å². The summed E-state index contributed by atoms with van der Waals surface area (Å²) < 4.78 is 4.63. The van der Waals surface area contributed by atoms with Crippen molar-refractivity contribution in [3.8, 4) is 22.6 Å². The zero-order valence-electron chi connectivity index (χ0n) is 12.3. The second-order valence-electron chi connectivity index (χ2n) is 5.06. The molecule has 0 spiro atoms. The lowest BCUT2D eigenvalue weighted by Crippen LogP contribution is -2.04. The Bertz CT molecular complexity index is 666. The largest absolute Gasteiger partial charge is 0.508 e. The van der Waals surface area contributed by atoms with Crippen LogP contribution in [0.3, 0.4) is 0 Å². The molecule has 4 heteroatoms. The third kappa shape index (κ3) is 3.16. The van der Waals surface area contributed by atoms with E-state index in [2.05, 4.69) is 4.74 Å². The Hall–Kier alpha value is -2.49. The van der Waals surface area contributed by atoms with Crippen molar-refractivity contribution in [2.75, 3.05) is 7.11 Å². The number of phenols is 2. The average Bonchev–Trinajstić information content (AvgIpc) is 2.46. The van der Waals surface area contributed by atoms with Gasteiger partial charge < -0.3 is 14.9 Å². The highest BCUT2D eigenvalue weighted by Gasteiger charge is 2.11. The highest BCUT2D eigenvalue weighted by atomic mass is 16.5. The van der Waals surface area contributed by atoms with Gasteiger partial charge in [0.25, 0.3) is 0 Å². The maximum Gasteiger partial charge on any atom is 0.310 e. The number of carbonyl (C=O) groups is 1. The van der Waals surface area contributed by atoms with Gasteiger partial charge in [0.1, 0.15) is 11.5 Å². The van der Waals surface area contributed by atoms with Crippen LogP contribution in [-0.2, 0) is 16.0 Å². The summed E-state index contributed by atoms with van der Waals surface area (Å²) in [7, 11) is 1.32. The van der Waals surface area contributed by atoms with Gasteiger partial charge in [-0.2, -0.15) is 0 Å². The van der Waals surface area contributed by atoms with Gasteiger partial charge in [0.15, 0.2) is 0 Å². The molecule has 0 heterocycles. The van der Waals surface area contributed by atoms with E-state index in [4.69, 9.17) is 0 Å². The third-order valence-corrected chi connectivity index (χ3v) is 3.47. The van der Waals surface area contributed by atoms with E-state index in [1.54, 1.807) is 18.2 Å². The normalized spacial score (nSPS) is 10.4. The Kier molecular flexibility index (Phi) is 4.17. The highest BCUT2D eigenvalue weighted by molar-refractivity contribution is 5.75. The fraction of sp³-hybridized carbons (Fsp3) is 0.235. The molecule has 4 nitrogen and oxygen atoms in total. The van der Waals surface area contributed by atoms with Crippen molar-refractivity contribution in [2.45, 2.75) is 20.3 Å². The first-order chi connectivity index (χ1) is 9.92. The van der Waals surface area contributed by atoms with E-state index in [-0.39, 0.29) is 17.9 Å². The Morgan fingerprint density at radius 3 is 2.24 bits per heavy atom. The van der Waals surface area contributed by atoms with Crippen LogP contribution in [0, 0.1) is 13.8 Å². The van der Waals surface area contributed by atoms with Crippen molar-refractivity contribution in [2.24, 2.45) is 0 Å². The van der Waals surface area contributed by atoms with Crippen molar-refractivity contribution in [1.29, 1.82) is 0 Å². The molecule has 0 fully saturated rings. The Morgan fingerprint density at radius 1 is 1.05 bits per heavy atom. The molecule has 21 heavy (non-hydrogen) atoms. The third-order valence-electron chi connectivity index (χ3n) is 3.47. The molecule has 0 amide bonds. The second kappa shape index (κ2) is 5.87. The summed E-state index contributed by atoms with van der Waals surface area (Å²) in [4.78, 5) is 11.4. The van der Waals surface area contributed by atoms with E-state index in [0.29, 0.717) is 5.56 Å². The number of hydrogen-bond acceptors (Lipinski definition) is 4. The van der Waals surface area contributed by atoms with E-state index >= 15 is 0 Å². The van der Waals surface area contributed by atoms with E-state index < -0.39 is 5.97 Å². The molecule has 2 rings (SSSR count). The van der Waals surface area contributed by atoms with Gasteiger partial charge in [-0.15, -0.1) is 0 Å². The number of phenolic OH excluding ortho intramolecular Hbond substituents is 2. The van der Waals surface area contributed by atoms with E-state index in [0.717, 1.165) is 22.3 Å². The van der Waals surface area contributed by atoms with Crippen LogP contribution in [0.2, 0.25) is 0 Å². The summed E-state index contributed by atoms with van der Waals surface area (Å²) in [6.45, 7) is 3.67. The van der Waals surface area contributed by atoms with Crippen LogP contribution in [0.5, 0.6) is 11.5 Å². The summed E-state index contributed by atoms with van der Waals surface area (Å²) in [5.74, 6) is -0.0517. The van der Waals surface area contributed by atoms with E-state index in [9.17, 15) is 15.0 Å². The van der Waals surface area contributed by atoms with Crippen molar-refractivity contribution < 1.29 is 19.7 Å². The molecule has 0 aromatic heterocycles.